The lowest BCUT2D eigenvalue weighted by Gasteiger charge is -2.11. The van der Waals surface area contributed by atoms with Crippen molar-refractivity contribution in [1.82, 2.24) is 14.8 Å². The number of nitrogens with zero attached hydrogens (tertiary/aromatic N) is 4. The second-order valence-corrected chi connectivity index (χ2v) is 6.24. The molecule has 146 valence electrons. The Morgan fingerprint density at radius 3 is 2.50 bits per heavy atom. The van der Waals surface area contributed by atoms with Crippen molar-refractivity contribution in [3.63, 3.8) is 0 Å². The van der Waals surface area contributed by atoms with Gasteiger partial charge >= 0.3 is 0 Å². The molecule has 0 radical (unpaired) electrons. The zero-order valence-corrected chi connectivity index (χ0v) is 16.2. The molecule has 0 aliphatic carbocycles. The maximum absolute atomic E-state index is 8.36. The van der Waals surface area contributed by atoms with E-state index in [1.807, 2.05) is 36.4 Å². The minimum atomic E-state index is -1.50. The zero-order chi connectivity index (χ0) is 20.5. The molecule has 0 amide bonds. The largest absolute Gasteiger partial charge is 0.497 e. The Labute approximate surface area is 170 Å². The third kappa shape index (κ3) is 6.57. The summed E-state index contributed by atoms with van der Waals surface area (Å²) in [5, 5.41) is 19.0. The van der Waals surface area contributed by atoms with Crippen molar-refractivity contribution in [1.29, 1.82) is 0 Å². The maximum atomic E-state index is 8.36. The summed E-state index contributed by atoms with van der Waals surface area (Å²) >= 11 is 12.4. The summed E-state index contributed by atoms with van der Waals surface area (Å²) < 4.78 is 6.95. The highest BCUT2D eigenvalue weighted by Crippen LogP contribution is 2.29. The number of methoxy groups -OCH3 is 1. The molecule has 0 spiro atoms. The van der Waals surface area contributed by atoms with E-state index < -0.39 is 5.09 Å². The fraction of sp³-hybridized carbons (Fsp3) is 0.111. The molecule has 28 heavy (non-hydrogen) atoms. The summed E-state index contributed by atoms with van der Waals surface area (Å²) in [6, 6.07) is 13.3. The smallest absolute Gasteiger partial charge is 0.291 e. The van der Waals surface area contributed by atoms with Gasteiger partial charge in [0, 0.05) is 10.0 Å². The van der Waals surface area contributed by atoms with E-state index in [0.717, 1.165) is 22.4 Å². The summed E-state index contributed by atoms with van der Waals surface area (Å²) in [5.41, 5.74) is 2.96. The number of ether oxygens (including phenoxy) is 1. The average molecular weight is 423 g/mol. The van der Waals surface area contributed by atoms with E-state index in [-0.39, 0.29) is 0 Å². The molecule has 0 fully saturated rings. The molecule has 0 unspecified atom stereocenters. The Balaban J connectivity index is 0.000000640. The molecule has 1 aromatic heterocycles. The first-order valence-corrected chi connectivity index (χ1v) is 8.60. The Morgan fingerprint density at radius 1 is 1.29 bits per heavy atom. The van der Waals surface area contributed by atoms with Crippen molar-refractivity contribution in [2.75, 3.05) is 7.11 Å². The van der Waals surface area contributed by atoms with Crippen molar-refractivity contribution >= 4 is 34.9 Å². The quantitative estimate of drug-likeness (QED) is 0.369. The number of benzene rings is 2. The van der Waals surface area contributed by atoms with Gasteiger partial charge in [-0.3, -0.25) is 0 Å². The molecule has 3 aromatic rings. The van der Waals surface area contributed by atoms with Crippen LogP contribution < -0.4 is 4.74 Å². The first kappa shape index (κ1) is 21.2. The summed E-state index contributed by atoms with van der Waals surface area (Å²) in [7, 11) is 1.65. The normalized spacial score (nSPS) is 10.8. The zero-order valence-electron chi connectivity index (χ0n) is 14.7. The molecule has 2 aromatic carbocycles. The first-order valence-electron chi connectivity index (χ1n) is 7.84. The van der Waals surface area contributed by atoms with Crippen LogP contribution in [0.25, 0.3) is 11.6 Å². The van der Waals surface area contributed by atoms with Crippen molar-refractivity contribution in [2.45, 2.75) is 6.54 Å². The topological polar surface area (TPSA) is 103 Å². The van der Waals surface area contributed by atoms with Gasteiger partial charge < -0.3 is 9.94 Å². The van der Waals surface area contributed by atoms with Gasteiger partial charge in [-0.2, -0.15) is 5.10 Å². The van der Waals surface area contributed by atoms with Crippen LogP contribution in [0.4, 0.5) is 0 Å². The Kier molecular flexibility index (Phi) is 7.79. The van der Waals surface area contributed by atoms with Crippen LogP contribution in [0.1, 0.15) is 11.1 Å². The van der Waals surface area contributed by atoms with Crippen molar-refractivity contribution in [3.05, 3.63) is 86.4 Å². The molecule has 0 atom stereocenters. The van der Waals surface area contributed by atoms with E-state index in [9.17, 15) is 0 Å². The molecule has 8 nitrogen and oxygen atoms in total. The highest BCUT2D eigenvalue weighted by Gasteiger charge is 2.09. The minimum absolute atomic E-state index is 0.549. The maximum Gasteiger partial charge on any atom is 0.291 e. The number of aromatic nitrogens is 3. The van der Waals surface area contributed by atoms with E-state index in [4.69, 9.17) is 43.3 Å². The molecule has 3 rings (SSSR count). The molecule has 0 saturated heterocycles. The Bertz CT molecular complexity index is 941. The SMILES string of the molecule is COc1ccc(C=C(Cn2cncn2)c2ccc(Cl)cc2Cl)cc1.O=[N+]([O-])O. The van der Waals surface area contributed by atoms with Gasteiger partial charge in [0.1, 0.15) is 18.4 Å². The van der Waals surface area contributed by atoms with E-state index in [1.54, 1.807) is 24.2 Å². The second kappa shape index (κ2) is 10.3. The first-order chi connectivity index (χ1) is 13.4. The van der Waals surface area contributed by atoms with Gasteiger partial charge in [0.05, 0.1) is 13.7 Å². The lowest BCUT2D eigenvalue weighted by Crippen LogP contribution is -2.02. The predicted molar refractivity (Wildman–Crippen MR) is 106 cm³/mol. The number of halogens is 2. The molecule has 10 heteroatoms. The van der Waals surface area contributed by atoms with E-state index >= 15 is 0 Å². The van der Waals surface area contributed by atoms with E-state index in [1.165, 1.54) is 6.33 Å². The van der Waals surface area contributed by atoms with Crippen molar-refractivity contribution in [3.8, 4) is 5.75 Å². The summed E-state index contributed by atoms with van der Waals surface area (Å²) in [6.07, 6.45) is 5.25. The Morgan fingerprint density at radius 2 is 1.96 bits per heavy atom. The Hall–Kier alpha value is -3.10. The molecule has 0 aliphatic rings. The predicted octanol–water partition coefficient (Wildman–Crippen LogP) is 4.49. The van der Waals surface area contributed by atoms with Gasteiger partial charge in [0.25, 0.3) is 5.09 Å². The molecular weight excluding hydrogens is 407 g/mol. The fourth-order valence-corrected chi connectivity index (χ4v) is 2.88. The van der Waals surface area contributed by atoms with Crippen LogP contribution in [0, 0.1) is 10.1 Å². The molecule has 1 heterocycles. The van der Waals surface area contributed by atoms with Crippen LogP contribution in [0.5, 0.6) is 5.75 Å². The van der Waals surface area contributed by atoms with Gasteiger partial charge in [-0.05, 0) is 47.0 Å². The highest BCUT2D eigenvalue weighted by atomic mass is 35.5. The van der Waals surface area contributed by atoms with Gasteiger partial charge in [-0.1, -0.05) is 41.4 Å². The molecule has 0 saturated carbocycles. The lowest BCUT2D eigenvalue weighted by atomic mass is 10.0. The summed E-state index contributed by atoms with van der Waals surface area (Å²) in [4.78, 5) is 12.4. The van der Waals surface area contributed by atoms with Gasteiger partial charge in [-0.15, -0.1) is 10.1 Å². The van der Waals surface area contributed by atoms with Crippen LogP contribution >= 0.6 is 23.2 Å². The minimum Gasteiger partial charge on any atom is -0.497 e. The second-order valence-electron chi connectivity index (χ2n) is 5.40. The third-order valence-corrected chi connectivity index (χ3v) is 4.08. The van der Waals surface area contributed by atoms with Gasteiger partial charge in [0.15, 0.2) is 0 Å². The summed E-state index contributed by atoms with van der Waals surface area (Å²) in [5.74, 6) is 0.814. The monoisotopic (exact) mass is 422 g/mol. The number of hydrogen-bond acceptors (Lipinski definition) is 5. The standard InChI is InChI=1S/C18H15Cl2N3O.HNO3/c1-24-16-5-2-13(3-6-16)8-14(10-23-12-21-11-22-23)17-7-4-15(19)9-18(17)20;2-1(3)4/h2-9,11-12H,10H2,1H3;(H,2,3,4). The number of hydrogen-bond donors (Lipinski definition) is 1. The fourth-order valence-electron chi connectivity index (χ4n) is 2.35. The number of rotatable bonds is 5. The van der Waals surface area contributed by atoms with Crippen LogP contribution in [0.3, 0.4) is 0 Å². The average Bonchev–Trinajstić information content (AvgIpc) is 3.14. The summed E-state index contributed by atoms with van der Waals surface area (Å²) in [6.45, 7) is 0.549. The van der Waals surface area contributed by atoms with Crippen LogP contribution in [-0.2, 0) is 6.54 Å². The highest BCUT2D eigenvalue weighted by molar-refractivity contribution is 6.35. The lowest BCUT2D eigenvalue weighted by molar-refractivity contribution is -0.742. The van der Waals surface area contributed by atoms with Crippen molar-refractivity contribution < 1.29 is 15.0 Å². The van der Waals surface area contributed by atoms with Crippen LogP contribution in [0.2, 0.25) is 10.0 Å². The van der Waals surface area contributed by atoms with Gasteiger partial charge in [0.2, 0.25) is 0 Å². The van der Waals surface area contributed by atoms with Gasteiger partial charge in [-0.25, -0.2) is 9.67 Å². The van der Waals surface area contributed by atoms with E-state index in [2.05, 4.69) is 16.2 Å². The van der Waals surface area contributed by atoms with Crippen LogP contribution in [-0.4, -0.2) is 32.2 Å². The third-order valence-electron chi connectivity index (χ3n) is 3.53. The molecule has 1 N–H and O–H groups in total. The van der Waals surface area contributed by atoms with Crippen LogP contribution in [0.15, 0.2) is 55.1 Å². The molecule has 0 bridgehead atoms. The molecule has 0 aliphatic heterocycles. The number of allylic oxidation sites excluding steroid dienone is 1. The van der Waals surface area contributed by atoms with E-state index in [0.29, 0.717) is 16.6 Å². The van der Waals surface area contributed by atoms with Crippen molar-refractivity contribution in [2.24, 2.45) is 0 Å². The molecular formula is C18H16Cl2N4O4.